The van der Waals surface area contributed by atoms with Gasteiger partial charge in [0.1, 0.15) is 5.82 Å². The van der Waals surface area contributed by atoms with Crippen LogP contribution in [-0.2, 0) is 5.60 Å². The molecule has 0 spiro atoms. The lowest BCUT2D eigenvalue weighted by atomic mass is 9.66. The number of aliphatic hydroxyl groups is 1. The Morgan fingerprint density at radius 1 is 1.08 bits per heavy atom. The first-order valence-corrected chi connectivity index (χ1v) is 9.16. The number of fused-ring (bicyclic) bond motifs is 1. The van der Waals surface area contributed by atoms with Gasteiger partial charge in [0.2, 0.25) is 0 Å². The number of aromatic nitrogens is 1. The minimum atomic E-state index is -0.703. The zero-order chi connectivity index (χ0) is 16.6. The van der Waals surface area contributed by atoms with Gasteiger partial charge in [-0.25, -0.2) is 4.98 Å². The van der Waals surface area contributed by atoms with Gasteiger partial charge >= 0.3 is 0 Å². The molecule has 1 aromatic heterocycles. The van der Waals surface area contributed by atoms with Crippen LogP contribution in [0.2, 0.25) is 0 Å². The van der Waals surface area contributed by atoms with E-state index in [-0.39, 0.29) is 5.92 Å². The van der Waals surface area contributed by atoms with Gasteiger partial charge in [0.25, 0.3) is 0 Å². The van der Waals surface area contributed by atoms with E-state index in [4.69, 9.17) is 0 Å². The fraction of sp³-hybridized carbons (Fsp3) is 0.476. The van der Waals surface area contributed by atoms with E-state index >= 15 is 0 Å². The lowest BCUT2D eigenvalue weighted by molar-refractivity contribution is -0.0691. The molecule has 1 saturated heterocycles. The van der Waals surface area contributed by atoms with Crippen LogP contribution in [0.1, 0.15) is 43.2 Å². The summed E-state index contributed by atoms with van der Waals surface area (Å²) in [5.74, 6) is 1.38. The van der Waals surface area contributed by atoms with Gasteiger partial charge in [-0.2, -0.15) is 0 Å². The van der Waals surface area contributed by atoms with E-state index in [1.807, 2.05) is 30.5 Å². The van der Waals surface area contributed by atoms with Crippen LogP contribution in [0.3, 0.4) is 0 Å². The number of aryl methyl sites for hydroxylation is 1. The number of nitrogens with zero attached hydrogens (tertiary/aromatic N) is 2. The van der Waals surface area contributed by atoms with E-state index in [0.717, 1.165) is 37.2 Å². The molecular formula is C21H26N2O. The second-order valence-electron chi connectivity index (χ2n) is 7.34. The number of hydrogen-bond donors (Lipinski definition) is 1. The second-order valence-corrected chi connectivity index (χ2v) is 7.34. The molecule has 126 valence electrons. The summed E-state index contributed by atoms with van der Waals surface area (Å²) in [5, 5.41) is 11.6. The van der Waals surface area contributed by atoms with Crippen LogP contribution >= 0.6 is 0 Å². The van der Waals surface area contributed by atoms with Crippen LogP contribution < -0.4 is 4.90 Å². The smallest absolute Gasteiger partial charge is 0.131 e. The Morgan fingerprint density at radius 3 is 2.67 bits per heavy atom. The monoisotopic (exact) mass is 322 g/mol. The van der Waals surface area contributed by atoms with Crippen molar-refractivity contribution in [3.05, 3.63) is 59.8 Å². The molecule has 4 rings (SSSR count). The van der Waals surface area contributed by atoms with Gasteiger partial charge in [0.05, 0.1) is 5.60 Å². The number of pyridine rings is 1. The van der Waals surface area contributed by atoms with E-state index in [1.165, 1.54) is 18.4 Å². The molecule has 1 aliphatic heterocycles. The predicted molar refractivity (Wildman–Crippen MR) is 97.0 cm³/mol. The maximum Gasteiger partial charge on any atom is 0.131 e. The predicted octanol–water partition coefficient (Wildman–Crippen LogP) is 4.05. The first kappa shape index (κ1) is 15.6. The zero-order valence-electron chi connectivity index (χ0n) is 14.4. The third-order valence-electron chi connectivity index (χ3n) is 6.00. The highest BCUT2D eigenvalue weighted by atomic mass is 16.3. The maximum atomic E-state index is 11.6. The van der Waals surface area contributed by atoms with Crippen molar-refractivity contribution in [2.75, 3.05) is 11.4 Å². The van der Waals surface area contributed by atoms with Crippen LogP contribution in [-0.4, -0.2) is 22.7 Å². The van der Waals surface area contributed by atoms with E-state index in [0.29, 0.717) is 6.04 Å². The number of piperidine rings is 1. The molecule has 3 heteroatoms. The lowest BCUT2D eigenvalue weighted by Crippen LogP contribution is -2.58. The third kappa shape index (κ3) is 2.51. The highest BCUT2D eigenvalue weighted by Gasteiger charge is 2.49. The molecule has 24 heavy (non-hydrogen) atoms. The summed E-state index contributed by atoms with van der Waals surface area (Å²) >= 11 is 0. The largest absolute Gasteiger partial charge is 0.385 e. The van der Waals surface area contributed by atoms with Gasteiger partial charge in [0.15, 0.2) is 0 Å². The van der Waals surface area contributed by atoms with Gasteiger partial charge in [0, 0.05) is 24.7 Å². The second kappa shape index (κ2) is 6.21. The molecule has 1 N–H and O–H groups in total. The van der Waals surface area contributed by atoms with Crippen LogP contribution in [0.25, 0.3) is 0 Å². The Balaban J connectivity index is 1.71. The SMILES string of the molecule is Cc1cccnc1N1CC[C@](O)(c2ccccc2)[C@H]2CCCC[C@H]21. The fourth-order valence-corrected chi connectivity index (χ4v) is 4.81. The molecule has 1 saturated carbocycles. The molecule has 2 fully saturated rings. The Bertz CT molecular complexity index is 702. The summed E-state index contributed by atoms with van der Waals surface area (Å²) in [4.78, 5) is 7.13. The minimum Gasteiger partial charge on any atom is -0.385 e. The third-order valence-corrected chi connectivity index (χ3v) is 6.00. The van der Waals surface area contributed by atoms with Crippen molar-refractivity contribution in [1.29, 1.82) is 0 Å². The molecule has 0 amide bonds. The molecule has 0 radical (unpaired) electrons. The van der Waals surface area contributed by atoms with Crippen LogP contribution in [0.15, 0.2) is 48.7 Å². The van der Waals surface area contributed by atoms with Crippen molar-refractivity contribution in [3.8, 4) is 0 Å². The average Bonchev–Trinajstić information content (AvgIpc) is 2.64. The van der Waals surface area contributed by atoms with Crippen molar-refractivity contribution >= 4 is 5.82 Å². The van der Waals surface area contributed by atoms with Crippen molar-refractivity contribution in [1.82, 2.24) is 4.98 Å². The number of anilines is 1. The Morgan fingerprint density at radius 2 is 1.88 bits per heavy atom. The van der Waals surface area contributed by atoms with Crippen LogP contribution in [0.5, 0.6) is 0 Å². The summed E-state index contributed by atoms with van der Waals surface area (Å²) < 4.78 is 0. The number of rotatable bonds is 2. The summed E-state index contributed by atoms with van der Waals surface area (Å²) in [6.07, 6.45) is 7.36. The van der Waals surface area contributed by atoms with Crippen LogP contribution in [0, 0.1) is 12.8 Å². The average molecular weight is 322 g/mol. The fourth-order valence-electron chi connectivity index (χ4n) is 4.81. The van der Waals surface area contributed by atoms with E-state index in [1.54, 1.807) is 0 Å². The summed E-state index contributed by atoms with van der Waals surface area (Å²) in [6, 6.07) is 14.8. The van der Waals surface area contributed by atoms with E-state index in [2.05, 4.69) is 35.0 Å². The molecular weight excluding hydrogens is 296 g/mol. The zero-order valence-corrected chi connectivity index (χ0v) is 14.4. The van der Waals surface area contributed by atoms with Gasteiger partial charge in [-0.15, -0.1) is 0 Å². The Kier molecular flexibility index (Phi) is 4.05. The molecule has 2 aromatic rings. The number of benzene rings is 1. The standard InChI is InChI=1S/C21H26N2O/c1-16-8-7-14-22-20(16)23-15-13-21(24,17-9-3-2-4-10-17)18-11-5-6-12-19(18)23/h2-4,7-10,14,18-19,24H,5-6,11-13,15H2,1H3/t18-,19+,21-/m0/s1. The first-order chi connectivity index (χ1) is 11.7. The molecule has 3 atom stereocenters. The first-order valence-electron chi connectivity index (χ1n) is 9.16. The molecule has 0 bridgehead atoms. The van der Waals surface area contributed by atoms with Crippen molar-refractivity contribution in [2.24, 2.45) is 5.92 Å². The van der Waals surface area contributed by atoms with Gasteiger partial charge in [-0.3, -0.25) is 0 Å². The Labute approximate surface area is 144 Å². The highest BCUT2D eigenvalue weighted by molar-refractivity contribution is 5.48. The minimum absolute atomic E-state index is 0.281. The summed E-state index contributed by atoms with van der Waals surface area (Å²) in [6.45, 7) is 3.00. The molecule has 1 aliphatic carbocycles. The van der Waals surface area contributed by atoms with E-state index in [9.17, 15) is 5.11 Å². The van der Waals surface area contributed by atoms with Gasteiger partial charge in [-0.05, 0) is 43.4 Å². The van der Waals surface area contributed by atoms with Gasteiger partial charge in [-0.1, -0.05) is 49.2 Å². The van der Waals surface area contributed by atoms with Crippen molar-refractivity contribution < 1.29 is 5.11 Å². The normalized spacial score (nSPS) is 30.0. The van der Waals surface area contributed by atoms with Gasteiger partial charge < -0.3 is 10.0 Å². The topological polar surface area (TPSA) is 36.4 Å². The van der Waals surface area contributed by atoms with Crippen molar-refractivity contribution in [2.45, 2.75) is 50.7 Å². The molecule has 2 aliphatic rings. The van der Waals surface area contributed by atoms with Crippen molar-refractivity contribution in [3.63, 3.8) is 0 Å². The quantitative estimate of drug-likeness (QED) is 0.906. The summed E-state index contributed by atoms with van der Waals surface area (Å²) in [5.41, 5.74) is 1.61. The molecule has 3 nitrogen and oxygen atoms in total. The highest BCUT2D eigenvalue weighted by Crippen LogP contribution is 2.48. The van der Waals surface area contributed by atoms with E-state index < -0.39 is 5.60 Å². The molecule has 0 unspecified atom stereocenters. The lowest BCUT2D eigenvalue weighted by Gasteiger charge is -2.53. The maximum absolute atomic E-state index is 11.6. The summed E-state index contributed by atoms with van der Waals surface area (Å²) in [7, 11) is 0. The molecule has 1 aromatic carbocycles. The Hall–Kier alpha value is -1.87. The van der Waals surface area contributed by atoms with Crippen LogP contribution in [0.4, 0.5) is 5.82 Å². The number of hydrogen-bond acceptors (Lipinski definition) is 3. The molecule has 2 heterocycles.